The number of unbranched alkanes of at least 4 members (excludes halogenated alkanes) is 1. The molecule has 1 aromatic heterocycles. The summed E-state index contributed by atoms with van der Waals surface area (Å²) in [5.74, 6) is 6.37. The molecule has 0 saturated carbocycles. The number of rotatable bonds is 4. The van der Waals surface area contributed by atoms with Crippen LogP contribution in [-0.2, 0) is 0 Å². The summed E-state index contributed by atoms with van der Waals surface area (Å²) < 4.78 is 2.00. The van der Waals surface area contributed by atoms with E-state index in [2.05, 4.69) is 35.9 Å². The van der Waals surface area contributed by atoms with Crippen molar-refractivity contribution in [3.05, 3.63) is 70.5 Å². The van der Waals surface area contributed by atoms with E-state index in [1.54, 1.807) is 0 Å². The van der Waals surface area contributed by atoms with Gasteiger partial charge in [0.1, 0.15) is 5.69 Å². The fraction of sp³-hybridized carbons (Fsp3) is 0.208. The van der Waals surface area contributed by atoms with Gasteiger partial charge in [-0.2, -0.15) is 9.83 Å². The zero-order valence-electron chi connectivity index (χ0n) is 16.8. The monoisotopic (exact) mass is 383 g/mol. The van der Waals surface area contributed by atoms with Gasteiger partial charge in [0.05, 0.1) is 11.6 Å². The van der Waals surface area contributed by atoms with Gasteiger partial charge in [-0.05, 0) is 49.7 Å². The van der Waals surface area contributed by atoms with E-state index in [0.717, 1.165) is 33.9 Å². The molecule has 0 saturated heterocycles. The van der Waals surface area contributed by atoms with Crippen LogP contribution in [0, 0.1) is 43.9 Å². The number of aromatic nitrogens is 2. The maximum atomic E-state index is 12.0. The number of nitrogens with zero attached hydrogens (tertiary/aromatic N) is 2. The number of amides is 1. The summed E-state index contributed by atoms with van der Waals surface area (Å²) in [6.07, 6.45) is 0.987. The Morgan fingerprint density at radius 2 is 1.83 bits per heavy atom. The van der Waals surface area contributed by atoms with Gasteiger partial charge >= 0.3 is 0 Å². The molecule has 0 radical (unpaired) electrons. The zero-order valence-corrected chi connectivity index (χ0v) is 16.8. The zero-order chi connectivity index (χ0) is 21.0. The number of benzene rings is 2. The molecule has 1 heterocycles. The smallest absolute Gasteiger partial charge is 0.292 e. The van der Waals surface area contributed by atoms with Gasteiger partial charge in [-0.1, -0.05) is 29.5 Å². The predicted octanol–water partition coefficient (Wildman–Crippen LogP) is 3.64. The molecule has 2 aromatic carbocycles. The third kappa shape index (κ3) is 4.20. The van der Waals surface area contributed by atoms with Crippen molar-refractivity contribution in [3.8, 4) is 35.0 Å². The van der Waals surface area contributed by atoms with Crippen LogP contribution in [0.25, 0.3) is 17.1 Å². The molecule has 3 N–H and O–H groups in total. The van der Waals surface area contributed by atoms with E-state index in [1.165, 1.54) is 5.56 Å². The van der Waals surface area contributed by atoms with Gasteiger partial charge in [-0.15, -0.1) is 0 Å². The van der Waals surface area contributed by atoms with Crippen molar-refractivity contribution in [1.29, 1.82) is 5.26 Å². The Morgan fingerprint density at radius 1 is 1.10 bits per heavy atom. The van der Waals surface area contributed by atoms with Gasteiger partial charge in [-0.25, -0.2) is 4.98 Å². The number of nitrogens with two attached hydrogens (primary N) is 1. The summed E-state index contributed by atoms with van der Waals surface area (Å²) in [6, 6.07) is 16.1. The number of aryl methyl sites for hydroxylation is 2. The first-order chi connectivity index (χ1) is 13.9. The molecule has 0 atom stereocenters. The highest BCUT2D eigenvalue weighted by Gasteiger charge is 2.28. The summed E-state index contributed by atoms with van der Waals surface area (Å²) in [6.45, 7) is 5.97. The molecule has 5 heteroatoms. The highest BCUT2D eigenvalue weighted by Crippen LogP contribution is 2.23. The molecule has 0 aliphatic carbocycles. The molecule has 3 aromatic rings. The summed E-state index contributed by atoms with van der Waals surface area (Å²) in [5.41, 5.74) is 11.8. The maximum Gasteiger partial charge on any atom is 0.292 e. The molecule has 0 spiro atoms. The second kappa shape index (κ2) is 8.46. The Kier molecular flexibility index (Phi) is 5.81. The maximum absolute atomic E-state index is 12.0. The van der Waals surface area contributed by atoms with Crippen molar-refractivity contribution in [3.63, 3.8) is 0 Å². The minimum atomic E-state index is -0.493. The molecular weight excluding hydrogens is 360 g/mol. The highest BCUT2D eigenvalue weighted by atomic mass is 16.1. The third-order valence-corrected chi connectivity index (χ3v) is 4.77. The fourth-order valence-electron chi connectivity index (χ4n) is 3.35. The van der Waals surface area contributed by atoms with Crippen molar-refractivity contribution < 1.29 is 9.36 Å². The number of primary amides is 1. The first-order valence-electron chi connectivity index (χ1n) is 9.40. The molecule has 0 aliphatic heterocycles. The lowest BCUT2D eigenvalue weighted by molar-refractivity contribution is -0.589. The lowest BCUT2D eigenvalue weighted by atomic mass is 10.0. The first-order valence-corrected chi connectivity index (χ1v) is 9.40. The standard InChI is InChI=1S/C24H22N4O/c1-16-8-13-21(17(2)15-16)24-27-22(23(26)29)18(3)28(24)20-11-9-19(10-12-20)7-5-4-6-14-25/h8-13,15H,4,6H2,1-3H3,(H2,26,29)/p+1. The lowest BCUT2D eigenvalue weighted by Gasteiger charge is -2.06. The Bertz CT molecular complexity index is 1170. The first kappa shape index (κ1) is 19.9. The van der Waals surface area contributed by atoms with Gasteiger partial charge in [0.15, 0.2) is 5.69 Å². The molecule has 0 unspecified atom stereocenters. The summed E-state index contributed by atoms with van der Waals surface area (Å²) >= 11 is 0. The number of carbonyl (C=O) groups is 1. The van der Waals surface area contributed by atoms with Gasteiger partial charge in [-0.3, -0.25) is 4.79 Å². The van der Waals surface area contributed by atoms with E-state index in [0.29, 0.717) is 18.5 Å². The average molecular weight is 383 g/mol. The second-order valence-corrected chi connectivity index (χ2v) is 6.96. The van der Waals surface area contributed by atoms with E-state index < -0.39 is 5.91 Å². The molecule has 144 valence electrons. The highest BCUT2D eigenvalue weighted by molar-refractivity contribution is 5.92. The van der Waals surface area contributed by atoms with Gasteiger partial charge in [0.25, 0.3) is 11.7 Å². The molecule has 3 rings (SSSR count). The van der Waals surface area contributed by atoms with E-state index in [9.17, 15) is 4.79 Å². The molecular formula is C24H23N4O+. The molecule has 5 nitrogen and oxygen atoms in total. The SMILES string of the molecule is Cc1ccc(-c2[nH]c(C(N)=O)c(C)[n+]2-c2ccc(C#CCCC#N)cc2)c(C)c1. The summed E-state index contributed by atoms with van der Waals surface area (Å²) in [4.78, 5) is 15.2. The normalized spacial score (nSPS) is 10.1. The number of nitrogens with one attached hydrogen (secondary N) is 1. The van der Waals surface area contributed by atoms with Gasteiger partial charge in [0, 0.05) is 25.3 Å². The summed E-state index contributed by atoms with van der Waals surface area (Å²) in [7, 11) is 0. The summed E-state index contributed by atoms with van der Waals surface area (Å²) in [5, 5.41) is 8.59. The Labute approximate surface area is 170 Å². The van der Waals surface area contributed by atoms with Crippen LogP contribution in [0.1, 0.15) is 45.7 Å². The van der Waals surface area contributed by atoms with Crippen LogP contribution in [0.4, 0.5) is 0 Å². The number of H-pyrrole nitrogens is 1. The van der Waals surface area contributed by atoms with Crippen LogP contribution >= 0.6 is 0 Å². The quantitative estimate of drug-likeness (QED) is 0.409. The molecule has 0 fully saturated rings. The van der Waals surface area contributed by atoms with E-state index in [1.807, 2.05) is 54.8 Å². The van der Waals surface area contributed by atoms with Crippen LogP contribution in [0.15, 0.2) is 42.5 Å². The van der Waals surface area contributed by atoms with Gasteiger partial charge in [0.2, 0.25) is 5.69 Å². The van der Waals surface area contributed by atoms with Crippen molar-refractivity contribution >= 4 is 5.91 Å². The van der Waals surface area contributed by atoms with Crippen molar-refractivity contribution in [2.45, 2.75) is 33.6 Å². The van der Waals surface area contributed by atoms with E-state index in [4.69, 9.17) is 11.0 Å². The Balaban J connectivity index is 2.10. The second-order valence-electron chi connectivity index (χ2n) is 6.96. The Hall–Kier alpha value is -3.83. The molecule has 0 bridgehead atoms. The van der Waals surface area contributed by atoms with Crippen molar-refractivity contribution in [2.75, 3.05) is 0 Å². The van der Waals surface area contributed by atoms with E-state index >= 15 is 0 Å². The van der Waals surface area contributed by atoms with Crippen molar-refractivity contribution in [2.24, 2.45) is 5.73 Å². The fourth-order valence-corrected chi connectivity index (χ4v) is 3.35. The molecule has 1 amide bonds. The topological polar surface area (TPSA) is 86.6 Å². The number of carbonyl (C=O) groups excluding carboxylic acids is 1. The van der Waals surface area contributed by atoms with Crippen LogP contribution in [0.5, 0.6) is 0 Å². The number of aromatic amines is 1. The van der Waals surface area contributed by atoms with Crippen LogP contribution in [0.3, 0.4) is 0 Å². The average Bonchev–Trinajstić information content (AvgIpc) is 3.03. The number of hydrogen-bond acceptors (Lipinski definition) is 2. The van der Waals surface area contributed by atoms with Crippen molar-refractivity contribution in [1.82, 2.24) is 4.98 Å². The van der Waals surface area contributed by atoms with Crippen LogP contribution in [0.2, 0.25) is 0 Å². The minimum absolute atomic E-state index is 0.389. The number of hydrogen-bond donors (Lipinski definition) is 2. The molecule has 0 aliphatic rings. The molecule has 29 heavy (non-hydrogen) atoms. The predicted molar refractivity (Wildman–Crippen MR) is 112 cm³/mol. The number of nitriles is 1. The van der Waals surface area contributed by atoms with Gasteiger partial charge < -0.3 is 5.73 Å². The number of imidazole rings is 1. The third-order valence-electron chi connectivity index (χ3n) is 4.77. The lowest BCUT2D eigenvalue weighted by Crippen LogP contribution is -2.35. The van der Waals surface area contributed by atoms with Crippen LogP contribution in [-0.4, -0.2) is 10.9 Å². The van der Waals surface area contributed by atoms with E-state index in [-0.39, 0.29) is 0 Å². The van der Waals surface area contributed by atoms with Crippen LogP contribution < -0.4 is 10.3 Å². The minimum Gasteiger partial charge on any atom is -0.362 e. The Morgan fingerprint density at radius 3 is 2.45 bits per heavy atom. The largest absolute Gasteiger partial charge is 0.362 e.